The van der Waals surface area contributed by atoms with Crippen molar-refractivity contribution in [3.05, 3.63) is 35.5 Å². The van der Waals surface area contributed by atoms with E-state index < -0.39 is 42.7 Å². The Morgan fingerprint density at radius 2 is 2.03 bits per heavy atom. The molecule has 30 heavy (non-hydrogen) atoms. The number of halogens is 3. The second kappa shape index (κ2) is 8.83. The molecule has 0 spiro atoms. The van der Waals surface area contributed by atoms with Crippen LogP contribution in [0.15, 0.2) is 22.9 Å². The van der Waals surface area contributed by atoms with Crippen molar-refractivity contribution in [3.63, 3.8) is 0 Å². The van der Waals surface area contributed by atoms with Gasteiger partial charge in [-0.05, 0) is 18.9 Å². The highest BCUT2D eigenvalue weighted by atomic mass is 19.4. The van der Waals surface area contributed by atoms with Gasteiger partial charge < -0.3 is 25.4 Å². The van der Waals surface area contributed by atoms with E-state index >= 15 is 0 Å². The first-order valence-corrected chi connectivity index (χ1v) is 9.11. The van der Waals surface area contributed by atoms with Crippen molar-refractivity contribution >= 4 is 11.8 Å². The van der Waals surface area contributed by atoms with Crippen LogP contribution in [0, 0.1) is 0 Å². The molecule has 1 aliphatic carbocycles. The largest absolute Gasteiger partial charge is 0.408 e. The van der Waals surface area contributed by atoms with Crippen LogP contribution < -0.4 is 10.6 Å². The summed E-state index contributed by atoms with van der Waals surface area (Å²) >= 11 is 0. The number of aromatic nitrogens is 3. The lowest BCUT2D eigenvalue weighted by Gasteiger charge is -2.17. The number of alkyl halides is 3. The zero-order valence-corrected chi connectivity index (χ0v) is 15.6. The zero-order valence-electron chi connectivity index (χ0n) is 15.6. The molecule has 2 amide bonds. The Balaban J connectivity index is 1.57. The quantitative estimate of drug-likeness (QED) is 0.484. The summed E-state index contributed by atoms with van der Waals surface area (Å²) in [6.07, 6.45) is -3.94. The van der Waals surface area contributed by atoms with Gasteiger partial charge in [-0.3, -0.25) is 14.3 Å². The molecule has 2 heterocycles. The SMILES string of the molecule is O=C(N[C@H]1C[C@H](NC(=O)c2ccnn2CC(F)(F)F)[C@@H](O)C1)c1cc(CCO)on1. The summed E-state index contributed by atoms with van der Waals surface area (Å²) in [6.45, 7) is -1.57. The fraction of sp³-hybridized carbons (Fsp3) is 0.529. The van der Waals surface area contributed by atoms with Crippen molar-refractivity contribution in [2.75, 3.05) is 6.61 Å². The summed E-state index contributed by atoms with van der Waals surface area (Å²) in [6, 6.07) is 1.28. The topological polar surface area (TPSA) is 143 Å². The maximum atomic E-state index is 12.6. The van der Waals surface area contributed by atoms with Crippen molar-refractivity contribution in [1.29, 1.82) is 0 Å². The number of hydrogen-bond acceptors (Lipinski definition) is 7. The average Bonchev–Trinajstić information content (AvgIpc) is 3.35. The number of carbonyl (C=O) groups is 2. The number of carbonyl (C=O) groups excluding carboxylic acids is 2. The van der Waals surface area contributed by atoms with E-state index in [1.807, 2.05) is 0 Å². The van der Waals surface area contributed by atoms with Gasteiger partial charge in [0.25, 0.3) is 11.8 Å². The van der Waals surface area contributed by atoms with E-state index in [1.165, 1.54) is 6.07 Å². The maximum absolute atomic E-state index is 12.6. The van der Waals surface area contributed by atoms with E-state index in [2.05, 4.69) is 20.9 Å². The van der Waals surface area contributed by atoms with Gasteiger partial charge in [-0.1, -0.05) is 5.16 Å². The predicted molar refractivity (Wildman–Crippen MR) is 93.3 cm³/mol. The summed E-state index contributed by atoms with van der Waals surface area (Å²) in [5.41, 5.74) is -0.275. The van der Waals surface area contributed by atoms with Crippen molar-refractivity contribution < 1.29 is 37.5 Å². The Morgan fingerprint density at radius 3 is 2.73 bits per heavy atom. The van der Waals surface area contributed by atoms with Crippen LogP contribution in [0.4, 0.5) is 13.2 Å². The summed E-state index contributed by atoms with van der Waals surface area (Å²) in [5, 5.41) is 31.3. The van der Waals surface area contributed by atoms with Crippen molar-refractivity contribution in [3.8, 4) is 0 Å². The maximum Gasteiger partial charge on any atom is 0.408 e. The van der Waals surface area contributed by atoms with Crippen LogP contribution in [0.3, 0.4) is 0 Å². The number of rotatable bonds is 7. The smallest absolute Gasteiger partial charge is 0.396 e. The molecule has 4 N–H and O–H groups in total. The number of amides is 2. The van der Waals surface area contributed by atoms with Crippen molar-refractivity contribution in [2.45, 2.75) is 50.2 Å². The van der Waals surface area contributed by atoms with Gasteiger partial charge >= 0.3 is 6.18 Å². The molecule has 13 heteroatoms. The lowest BCUT2D eigenvalue weighted by atomic mass is 10.2. The number of nitrogens with one attached hydrogen (secondary N) is 2. The van der Waals surface area contributed by atoms with Crippen LogP contribution in [0.1, 0.15) is 39.6 Å². The zero-order chi connectivity index (χ0) is 21.9. The number of hydrogen-bond donors (Lipinski definition) is 4. The van der Waals surface area contributed by atoms with E-state index in [1.54, 1.807) is 0 Å². The molecule has 0 unspecified atom stereocenters. The third-order valence-electron chi connectivity index (χ3n) is 4.61. The summed E-state index contributed by atoms with van der Waals surface area (Å²) in [4.78, 5) is 24.6. The van der Waals surface area contributed by atoms with E-state index in [9.17, 15) is 27.9 Å². The van der Waals surface area contributed by atoms with E-state index in [-0.39, 0.29) is 37.3 Å². The second-order valence-corrected chi connectivity index (χ2v) is 6.93. The lowest BCUT2D eigenvalue weighted by Crippen LogP contribution is -2.41. The molecule has 2 aromatic rings. The predicted octanol–water partition coefficient (Wildman–Crippen LogP) is 0.0199. The highest BCUT2D eigenvalue weighted by Crippen LogP contribution is 2.22. The number of nitrogens with zero attached hydrogens (tertiary/aromatic N) is 3. The Kier molecular flexibility index (Phi) is 6.41. The van der Waals surface area contributed by atoms with Gasteiger partial charge in [-0.25, -0.2) is 0 Å². The van der Waals surface area contributed by atoms with Crippen molar-refractivity contribution in [1.82, 2.24) is 25.6 Å². The molecule has 0 radical (unpaired) electrons. The minimum Gasteiger partial charge on any atom is -0.396 e. The molecule has 1 aliphatic rings. The van der Waals surface area contributed by atoms with Crippen LogP contribution in [-0.2, 0) is 13.0 Å². The molecular formula is C17H20F3N5O5. The molecule has 0 saturated heterocycles. The molecule has 1 fully saturated rings. The molecule has 164 valence electrons. The third-order valence-corrected chi connectivity index (χ3v) is 4.61. The Morgan fingerprint density at radius 1 is 1.27 bits per heavy atom. The average molecular weight is 431 g/mol. The molecule has 0 aromatic carbocycles. The fourth-order valence-electron chi connectivity index (χ4n) is 3.26. The lowest BCUT2D eigenvalue weighted by molar-refractivity contribution is -0.142. The van der Waals surface area contributed by atoms with E-state index in [0.717, 1.165) is 12.3 Å². The molecule has 10 nitrogen and oxygen atoms in total. The fourth-order valence-corrected chi connectivity index (χ4v) is 3.26. The van der Waals surface area contributed by atoms with Crippen LogP contribution in [0.2, 0.25) is 0 Å². The van der Waals surface area contributed by atoms with E-state index in [4.69, 9.17) is 9.63 Å². The minimum absolute atomic E-state index is 0.0106. The highest BCUT2D eigenvalue weighted by Gasteiger charge is 2.36. The molecule has 0 bridgehead atoms. The first kappa shape index (κ1) is 21.8. The van der Waals surface area contributed by atoms with Gasteiger partial charge in [0.15, 0.2) is 5.69 Å². The van der Waals surface area contributed by atoms with Crippen LogP contribution >= 0.6 is 0 Å². The van der Waals surface area contributed by atoms with Gasteiger partial charge in [0.05, 0.1) is 18.8 Å². The summed E-state index contributed by atoms with van der Waals surface area (Å²) in [5.74, 6) is -1.01. The first-order chi connectivity index (χ1) is 14.2. The Hall–Kier alpha value is -2.93. The van der Waals surface area contributed by atoms with Gasteiger partial charge in [0, 0.05) is 24.7 Å². The van der Waals surface area contributed by atoms with Crippen LogP contribution in [-0.4, -0.2) is 67.9 Å². The van der Waals surface area contributed by atoms with E-state index in [0.29, 0.717) is 10.4 Å². The Bertz CT molecular complexity index is 896. The second-order valence-electron chi connectivity index (χ2n) is 6.93. The first-order valence-electron chi connectivity index (χ1n) is 9.11. The minimum atomic E-state index is -4.54. The van der Waals surface area contributed by atoms with Gasteiger partial charge in [-0.15, -0.1) is 0 Å². The van der Waals surface area contributed by atoms with Crippen molar-refractivity contribution in [2.24, 2.45) is 0 Å². The number of aliphatic hydroxyl groups excluding tert-OH is 2. The monoisotopic (exact) mass is 431 g/mol. The highest BCUT2D eigenvalue weighted by molar-refractivity contribution is 5.93. The molecule has 3 atom stereocenters. The number of aliphatic hydroxyl groups is 2. The standard InChI is InChI=1S/C17H20F3N5O5/c18-17(19,20)8-25-13(1-3-21-25)16(29)23-11-5-9(6-14(11)27)22-15(28)12-7-10(2-4-26)30-24-12/h1,3,7,9,11,14,26-27H,2,4-6,8H2,(H,22,28)(H,23,29)/t9-,11-,14-/m0/s1. The van der Waals surface area contributed by atoms with Gasteiger partial charge in [0.1, 0.15) is 18.0 Å². The molecule has 2 aromatic heterocycles. The molecule has 0 aliphatic heterocycles. The Labute approximate surface area is 168 Å². The summed E-state index contributed by atoms with van der Waals surface area (Å²) < 4.78 is 43.2. The van der Waals surface area contributed by atoms with Gasteiger partial charge in [-0.2, -0.15) is 18.3 Å². The van der Waals surface area contributed by atoms with Crippen LogP contribution in [0.5, 0.6) is 0 Å². The molecule has 1 saturated carbocycles. The normalized spacial score (nSPS) is 21.6. The van der Waals surface area contributed by atoms with Gasteiger partial charge in [0.2, 0.25) is 0 Å². The summed E-state index contributed by atoms with van der Waals surface area (Å²) in [7, 11) is 0. The molecule has 3 rings (SSSR count). The third kappa shape index (κ3) is 5.36. The molecular weight excluding hydrogens is 411 g/mol. The van der Waals surface area contributed by atoms with Crippen LogP contribution in [0.25, 0.3) is 0 Å².